The highest BCUT2D eigenvalue weighted by molar-refractivity contribution is 5.43. The Labute approximate surface area is 191 Å². The Morgan fingerprint density at radius 3 is 1.94 bits per heavy atom. The van der Waals surface area contributed by atoms with Crippen LogP contribution in [0.25, 0.3) is 0 Å². The van der Waals surface area contributed by atoms with Gasteiger partial charge in [0.2, 0.25) is 0 Å². The van der Waals surface area contributed by atoms with Crippen LogP contribution in [0.2, 0.25) is 0 Å². The molecule has 1 atom stereocenters. The number of quaternary nitrogens is 1. The molecule has 0 aliphatic carbocycles. The molecule has 172 valence electrons. The third-order valence-electron chi connectivity index (χ3n) is 6.16. The standard InChI is InChI=1S/C28H44NO2/c1-10-29(8,9)28(30-11-2,31-24-15-13-12-14-16-24)27-18-17-23(7)25(19-21(3)4)26(27)20-22(5)6/h12-18,21-22H,10-11,19-20H2,1-9H3/q+1. The first-order chi connectivity index (χ1) is 14.6. The van der Waals surface area contributed by atoms with Gasteiger partial charge in [-0.25, -0.2) is 0 Å². The van der Waals surface area contributed by atoms with Crippen LogP contribution in [-0.4, -0.2) is 31.7 Å². The molecule has 3 nitrogen and oxygen atoms in total. The Kier molecular flexibility index (Phi) is 8.73. The number of ether oxygens (including phenoxy) is 2. The van der Waals surface area contributed by atoms with Gasteiger partial charge in [-0.3, -0.25) is 9.22 Å². The molecule has 0 aromatic heterocycles. The van der Waals surface area contributed by atoms with Crippen molar-refractivity contribution < 1.29 is 14.0 Å². The van der Waals surface area contributed by atoms with Crippen molar-refractivity contribution in [3.05, 3.63) is 64.7 Å². The van der Waals surface area contributed by atoms with Crippen LogP contribution in [0.4, 0.5) is 0 Å². The van der Waals surface area contributed by atoms with Gasteiger partial charge in [0.1, 0.15) is 5.75 Å². The van der Waals surface area contributed by atoms with Crippen molar-refractivity contribution in [1.29, 1.82) is 0 Å². The van der Waals surface area contributed by atoms with Crippen molar-refractivity contribution in [2.75, 3.05) is 27.2 Å². The minimum Gasteiger partial charge on any atom is -0.413 e. The Morgan fingerprint density at radius 2 is 1.42 bits per heavy atom. The van der Waals surface area contributed by atoms with E-state index in [9.17, 15) is 0 Å². The molecule has 0 heterocycles. The zero-order chi connectivity index (χ0) is 23.2. The van der Waals surface area contributed by atoms with E-state index in [1.165, 1.54) is 22.3 Å². The lowest BCUT2D eigenvalue weighted by atomic mass is 9.85. The first kappa shape index (κ1) is 25.4. The van der Waals surface area contributed by atoms with Gasteiger partial charge < -0.3 is 4.74 Å². The van der Waals surface area contributed by atoms with Crippen molar-refractivity contribution in [3.63, 3.8) is 0 Å². The second-order valence-electron chi connectivity index (χ2n) is 10.0. The normalized spacial score (nSPS) is 14.2. The molecule has 0 N–H and O–H groups in total. The zero-order valence-electron chi connectivity index (χ0n) is 21.3. The summed E-state index contributed by atoms with van der Waals surface area (Å²) in [6.45, 7) is 17.1. The second kappa shape index (κ2) is 10.7. The quantitative estimate of drug-likeness (QED) is 0.293. The van der Waals surface area contributed by atoms with Crippen LogP contribution in [0.15, 0.2) is 42.5 Å². The second-order valence-corrected chi connectivity index (χ2v) is 10.0. The largest absolute Gasteiger partial charge is 0.413 e. The lowest BCUT2D eigenvalue weighted by molar-refractivity contribution is -1.000. The molecule has 31 heavy (non-hydrogen) atoms. The maximum atomic E-state index is 6.86. The van der Waals surface area contributed by atoms with Crippen LogP contribution in [-0.2, 0) is 23.5 Å². The molecule has 0 radical (unpaired) electrons. The molecule has 3 heteroatoms. The lowest BCUT2D eigenvalue weighted by Gasteiger charge is -2.47. The summed E-state index contributed by atoms with van der Waals surface area (Å²) < 4.78 is 14.1. The molecule has 2 aromatic rings. The molecule has 1 unspecified atom stereocenters. The molecule has 0 spiro atoms. The molecule has 0 aliphatic rings. The lowest BCUT2D eigenvalue weighted by Crippen LogP contribution is -2.62. The smallest absolute Gasteiger partial charge is 0.390 e. The van der Waals surface area contributed by atoms with E-state index < -0.39 is 5.91 Å². The first-order valence-corrected chi connectivity index (χ1v) is 11.9. The molecule has 0 fully saturated rings. The fraction of sp³-hybridized carbons (Fsp3) is 0.571. The molecule has 0 aliphatic heterocycles. The highest BCUT2D eigenvalue weighted by Crippen LogP contribution is 2.41. The molecule has 0 bridgehead atoms. The summed E-state index contributed by atoms with van der Waals surface area (Å²) in [6, 6.07) is 14.6. The summed E-state index contributed by atoms with van der Waals surface area (Å²) in [5, 5.41) is 0. The highest BCUT2D eigenvalue weighted by Gasteiger charge is 2.52. The van der Waals surface area contributed by atoms with Crippen molar-refractivity contribution in [2.45, 2.75) is 67.2 Å². The van der Waals surface area contributed by atoms with E-state index in [0.29, 0.717) is 22.9 Å². The van der Waals surface area contributed by atoms with Gasteiger partial charge in [0.25, 0.3) is 0 Å². The van der Waals surface area contributed by atoms with Crippen molar-refractivity contribution in [1.82, 2.24) is 0 Å². The Morgan fingerprint density at radius 1 is 0.839 bits per heavy atom. The molecule has 2 rings (SSSR count). The van der Waals surface area contributed by atoms with E-state index in [1.807, 2.05) is 30.3 Å². The van der Waals surface area contributed by atoms with Gasteiger partial charge >= 0.3 is 5.91 Å². The van der Waals surface area contributed by atoms with Crippen LogP contribution >= 0.6 is 0 Å². The Hall–Kier alpha value is -1.84. The van der Waals surface area contributed by atoms with Gasteiger partial charge in [0, 0.05) is 0 Å². The number of nitrogens with zero attached hydrogens (tertiary/aromatic N) is 1. The maximum absolute atomic E-state index is 6.86. The van der Waals surface area contributed by atoms with Gasteiger partial charge in [0.15, 0.2) is 0 Å². The maximum Gasteiger partial charge on any atom is 0.390 e. The number of hydrogen-bond acceptors (Lipinski definition) is 2. The van der Waals surface area contributed by atoms with E-state index in [2.05, 4.69) is 74.7 Å². The average Bonchev–Trinajstić information content (AvgIpc) is 2.70. The SMILES string of the molecule is CCOC(Oc1ccccc1)(c1ccc(C)c(CC(C)C)c1CC(C)C)[N+](C)(C)CC. The molecular formula is C28H44NO2+. The number of para-hydroxylation sites is 1. The fourth-order valence-electron chi connectivity index (χ4n) is 4.28. The van der Waals surface area contributed by atoms with Gasteiger partial charge in [-0.2, -0.15) is 0 Å². The summed E-state index contributed by atoms with van der Waals surface area (Å²) in [7, 11) is 4.42. The van der Waals surface area contributed by atoms with Crippen LogP contribution in [0.1, 0.15) is 63.8 Å². The van der Waals surface area contributed by atoms with Gasteiger partial charge in [-0.1, -0.05) is 52.0 Å². The van der Waals surface area contributed by atoms with Crippen LogP contribution in [0.3, 0.4) is 0 Å². The van der Waals surface area contributed by atoms with Crippen LogP contribution in [0, 0.1) is 18.8 Å². The summed E-state index contributed by atoms with van der Waals surface area (Å²) in [4.78, 5) is 0. The van der Waals surface area contributed by atoms with E-state index in [-0.39, 0.29) is 0 Å². The predicted octanol–water partition coefficient (Wildman–Crippen LogP) is 6.71. The minimum absolute atomic E-state index is 0.541. The molecule has 0 saturated heterocycles. The van der Waals surface area contributed by atoms with Gasteiger partial charge in [-0.15, -0.1) is 0 Å². The summed E-state index contributed by atoms with van der Waals surface area (Å²) >= 11 is 0. The minimum atomic E-state index is -0.922. The third-order valence-corrected chi connectivity index (χ3v) is 6.16. The van der Waals surface area contributed by atoms with E-state index in [0.717, 1.165) is 25.1 Å². The fourth-order valence-corrected chi connectivity index (χ4v) is 4.28. The third kappa shape index (κ3) is 5.70. The van der Waals surface area contributed by atoms with Crippen molar-refractivity contribution >= 4 is 0 Å². The van der Waals surface area contributed by atoms with Gasteiger partial charge in [-0.05, 0) is 80.3 Å². The van der Waals surface area contributed by atoms with Crippen molar-refractivity contribution in [2.24, 2.45) is 11.8 Å². The van der Waals surface area contributed by atoms with Crippen LogP contribution in [0.5, 0.6) is 5.75 Å². The number of hydrogen-bond donors (Lipinski definition) is 0. The summed E-state index contributed by atoms with van der Waals surface area (Å²) in [5.41, 5.74) is 5.38. The van der Waals surface area contributed by atoms with Crippen molar-refractivity contribution in [3.8, 4) is 5.75 Å². The highest BCUT2D eigenvalue weighted by atomic mass is 16.7. The molecular weight excluding hydrogens is 382 g/mol. The van der Waals surface area contributed by atoms with E-state index in [1.54, 1.807) is 0 Å². The molecule has 0 amide bonds. The van der Waals surface area contributed by atoms with E-state index in [4.69, 9.17) is 9.47 Å². The predicted molar refractivity (Wildman–Crippen MR) is 131 cm³/mol. The topological polar surface area (TPSA) is 18.5 Å². The summed E-state index contributed by atoms with van der Waals surface area (Å²) in [6.07, 6.45) is 2.07. The molecule has 2 aromatic carbocycles. The van der Waals surface area contributed by atoms with E-state index >= 15 is 0 Å². The number of benzene rings is 2. The number of rotatable bonds is 11. The monoisotopic (exact) mass is 426 g/mol. The van der Waals surface area contributed by atoms with Crippen LogP contribution < -0.4 is 4.74 Å². The Balaban J connectivity index is 2.86. The summed E-state index contributed by atoms with van der Waals surface area (Å²) in [5.74, 6) is 1.04. The first-order valence-electron chi connectivity index (χ1n) is 11.9. The van der Waals surface area contributed by atoms with Gasteiger partial charge in [0.05, 0.1) is 32.8 Å². The molecule has 0 saturated carbocycles. The number of aryl methyl sites for hydroxylation is 1. The average molecular weight is 427 g/mol. The Bertz CT molecular complexity index is 826. The zero-order valence-corrected chi connectivity index (χ0v) is 21.3.